The van der Waals surface area contributed by atoms with Crippen molar-refractivity contribution in [2.24, 2.45) is 0 Å². The van der Waals surface area contributed by atoms with E-state index in [2.05, 4.69) is 12.2 Å². The summed E-state index contributed by atoms with van der Waals surface area (Å²) in [5, 5.41) is 3.39. The van der Waals surface area contributed by atoms with Gasteiger partial charge in [0, 0.05) is 26.4 Å². The lowest BCUT2D eigenvalue weighted by molar-refractivity contribution is -0.0895. The van der Waals surface area contributed by atoms with Gasteiger partial charge in [-0.1, -0.05) is 0 Å². The van der Waals surface area contributed by atoms with Crippen LogP contribution >= 0.6 is 0 Å². The molecule has 0 saturated carbocycles. The van der Waals surface area contributed by atoms with Crippen LogP contribution in [0.1, 0.15) is 39.0 Å². The quantitative estimate of drug-likeness (QED) is 0.687. The standard InChI is InChI=1S/C12H25NO2/c1-12(8-4-5-10-15-12)11(13-2)7-6-9-14-3/h11,13H,4-10H2,1-3H3. The number of methoxy groups -OCH3 is 1. The van der Waals surface area contributed by atoms with Crippen molar-refractivity contribution in [3.05, 3.63) is 0 Å². The van der Waals surface area contributed by atoms with E-state index in [1.54, 1.807) is 7.11 Å². The zero-order valence-corrected chi connectivity index (χ0v) is 10.3. The second-order valence-electron chi connectivity index (χ2n) is 4.59. The van der Waals surface area contributed by atoms with Gasteiger partial charge in [-0.25, -0.2) is 0 Å². The van der Waals surface area contributed by atoms with Crippen molar-refractivity contribution in [2.45, 2.75) is 50.7 Å². The molecule has 3 heteroatoms. The molecular formula is C12H25NO2. The van der Waals surface area contributed by atoms with E-state index in [0.29, 0.717) is 6.04 Å². The molecule has 2 atom stereocenters. The van der Waals surface area contributed by atoms with Gasteiger partial charge >= 0.3 is 0 Å². The Balaban J connectivity index is 2.40. The highest BCUT2D eigenvalue weighted by molar-refractivity contribution is 4.90. The lowest BCUT2D eigenvalue weighted by atomic mass is 9.86. The van der Waals surface area contributed by atoms with Crippen molar-refractivity contribution < 1.29 is 9.47 Å². The maximum atomic E-state index is 5.95. The van der Waals surface area contributed by atoms with Gasteiger partial charge in [0.25, 0.3) is 0 Å². The topological polar surface area (TPSA) is 30.5 Å². The van der Waals surface area contributed by atoms with Crippen LogP contribution in [0.4, 0.5) is 0 Å². The molecular weight excluding hydrogens is 190 g/mol. The van der Waals surface area contributed by atoms with Crippen molar-refractivity contribution in [1.29, 1.82) is 0 Å². The number of rotatable bonds is 6. The maximum Gasteiger partial charge on any atom is 0.0806 e. The molecule has 0 aromatic heterocycles. The average molecular weight is 215 g/mol. The molecule has 0 spiro atoms. The van der Waals surface area contributed by atoms with Gasteiger partial charge < -0.3 is 14.8 Å². The summed E-state index contributed by atoms with van der Waals surface area (Å²) in [4.78, 5) is 0. The molecule has 1 heterocycles. The molecule has 0 aromatic carbocycles. The number of hydrogen-bond donors (Lipinski definition) is 1. The molecule has 0 amide bonds. The molecule has 2 unspecified atom stereocenters. The Bertz CT molecular complexity index is 167. The van der Waals surface area contributed by atoms with Gasteiger partial charge in [0.1, 0.15) is 0 Å². The molecule has 1 rings (SSSR count). The summed E-state index contributed by atoms with van der Waals surface area (Å²) in [6, 6.07) is 0.452. The fraction of sp³-hybridized carbons (Fsp3) is 1.00. The Morgan fingerprint density at radius 1 is 1.47 bits per heavy atom. The Kier molecular flexibility index (Phi) is 5.58. The molecule has 1 aliphatic heterocycles. The first-order chi connectivity index (χ1) is 7.23. The van der Waals surface area contributed by atoms with Crippen molar-refractivity contribution >= 4 is 0 Å². The predicted octanol–water partition coefficient (Wildman–Crippen LogP) is 1.96. The molecule has 1 fully saturated rings. The number of hydrogen-bond acceptors (Lipinski definition) is 3. The normalized spacial score (nSPS) is 29.0. The molecule has 1 N–H and O–H groups in total. The molecule has 0 aromatic rings. The first-order valence-corrected chi connectivity index (χ1v) is 6.03. The lowest BCUT2D eigenvalue weighted by Crippen LogP contribution is -2.51. The van der Waals surface area contributed by atoms with E-state index in [1.165, 1.54) is 19.3 Å². The Hall–Kier alpha value is -0.120. The van der Waals surface area contributed by atoms with Crippen LogP contribution in [0.25, 0.3) is 0 Å². The number of nitrogens with one attached hydrogen (secondary N) is 1. The van der Waals surface area contributed by atoms with E-state index >= 15 is 0 Å². The van der Waals surface area contributed by atoms with E-state index in [4.69, 9.17) is 9.47 Å². The third kappa shape index (κ3) is 3.74. The molecule has 3 nitrogen and oxygen atoms in total. The molecule has 0 radical (unpaired) electrons. The summed E-state index contributed by atoms with van der Waals surface area (Å²) in [7, 11) is 3.79. The van der Waals surface area contributed by atoms with Crippen LogP contribution in [0.5, 0.6) is 0 Å². The van der Waals surface area contributed by atoms with Gasteiger partial charge in [0.2, 0.25) is 0 Å². The Morgan fingerprint density at radius 2 is 2.27 bits per heavy atom. The van der Waals surface area contributed by atoms with Crippen molar-refractivity contribution in [1.82, 2.24) is 5.32 Å². The van der Waals surface area contributed by atoms with Gasteiger partial charge in [0.15, 0.2) is 0 Å². The van der Waals surface area contributed by atoms with E-state index in [9.17, 15) is 0 Å². The minimum absolute atomic E-state index is 0.0285. The van der Waals surface area contributed by atoms with Crippen LogP contribution in [0.3, 0.4) is 0 Å². The van der Waals surface area contributed by atoms with E-state index < -0.39 is 0 Å². The van der Waals surface area contributed by atoms with Crippen LogP contribution in [-0.2, 0) is 9.47 Å². The third-order valence-corrected chi connectivity index (χ3v) is 3.43. The fourth-order valence-corrected chi connectivity index (χ4v) is 2.42. The van der Waals surface area contributed by atoms with Gasteiger partial charge in [0.05, 0.1) is 5.60 Å². The summed E-state index contributed by atoms with van der Waals surface area (Å²) in [5.41, 5.74) is 0.0285. The van der Waals surface area contributed by atoms with Crippen LogP contribution in [0.2, 0.25) is 0 Å². The van der Waals surface area contributed by atoms with Gasteiger partial charge in [-0.15, -0.1) is 0 Å². The van der Waals surface area contributed by atoms with Gasteiger partial charge in [-0.05, 0) is 46.1 Å². The molecule has 1 aliphatic rings. The molecule has 1 saturated heterocycles. The highest BCUT2D eigenvalue weighted by Gasteiger charge is 2.35. The van der Waals surface area contributed by atoms with Gasteiger partial charge in [-0.2, -0.15) is 0 Å². The Labute approximate surface area is 93.5 Å². The van der Waals surface area contributed by atoms with E-state index in [-0.39, 0.29) is 5.60 Å². The van der Waals surface area contributed by atoms with Crippen molar-refractivity contribution in [3.8, 4) is 0 Å². The van der Waals surface area contributed by atoms with Gasteiger partial charge in [-0.3, -0.25) is 0 Å². The highest BCUT2D eigenvalue weighted by Crippen LogP contribution is 2.29. The zero-order valence-electron chi connectivity index (χ0n) is 10.3. The zero-order chi connectivity index (χ0) is 11.1. The second kappa shape index (κ2) is 6.46. The van der Waals surface area contributed by atoms with Crippen LogP contribution in [0, 0.1) is 0 Å². The first kappa shape index (κ1) is 12.9. The second-order valence-corrected chi connectivity index (χ2v) is 4.59. The summed E-state index contributed by atoms with van der Waals surface area (Å²) in [6.45, 7) is 3.99. The smallest absolute Gasteiger partial charge is 0.0806 e. The summed E-state index contributed by atoms with van der Waals surface area (Å²) in [6.07, 6.45) is 5.90. The maximum absolute atomic E-state index is 5.95. The van der Waals surface area contributed by atoms with Crippen LogP contribution in [-0.4, -0.2) is 39.0 Å². The van der Waals surface area contributed by atoms with E-state index in [0.717, 1.165) is 26.1 Å². The largest absolute Gasteiger partial charge is 0.385 e. The van der Waals surface area contributed by atoms with Crippen molar-refractivity contribution in [3.63, 3.8) is 0 Å². The molecule has 15 heavy (non-hydrogen) atoms. The minimum atomic E-state index is 0.0285. The predicted molar refractivity (Wildman–Crippen MR) is 62.2 cm³/mol. The molecule has 0 aliphatic carbocycles. The SMILES string of the molecule is CNC(CCCOC)C1(C)CCCCO1. The minimum Gasteiger partial charge on any atom is -0.385 e. The average Bonchev–Trinajstić information content (AvgIpc) is 2.25. The van der Waals surface area contributed by atoms with Crippen LogP contribution in [0.15, 0.2) is 0 Å². The monoisotopic (exact) mass is 215 g/mol. The summed E-state index contributed by atoms with van der Waals surface area (Å²) >= 11 is 0. The van der Waals surface area contributed by atoms with Crippen molar-refractivity contribution in [2.75, 3.05) is 27.4 Å². The Morgan fingerprint density at radius 3 is 2.80 bits per heavy atom. The first-order valence-electron chi connectivity index (χ1n) is 6.03. The third-order valence-electron chi connectivity index (χ3n) is 3.43. The molecule has 90 valence electrons. The van der Waals surface area contributed by atoms with Crippen LogP contribution < -0.4 is 5.32 Å². The number of ether oxygens (including phenoxy) is 2. The highest BCUT2D eigenvalue weighted by atomic mass is 16.5. The summed E-state index contributed by atoms with van der Waals surface area (Å²) < 4.78 is 11.0. The summed E-state index contributed by atoms with van der Waals surface area (Å²) in [5.74, 6) is 0. The fourth-order valence-electron chi connectivity index (χ4n) is 2.42. The van der Waals surface area contributed by atoms with E-state index in [1.807, 2.05) is 7.05 Å². The lowest BCUT2D eigenvalue weighted by Gasteiger charge is -2.40. The number of likely N-dealkylation sites (N-methyl/N-ethyl adjacent to an activating group) is 1. The molecule has 0 bridgehead atoms.